The Labute approximate surface area is 133 Å². The molecule has 2 aromatic carbocycles. The van der Waals surface area contributed by atoms with Crippen LogP contribution in [0.2, 0.25) is 10.0 Å². The molecule has 2 aromatic rings. The maximum absolute atomic E-state index is 12.6. The standard InChI is InChI=1S/C14H10Cl2N2O2S/c1-18(14-5-3-2-4-10(14)9-17)21(19,20)13-7-11(15)6-12(16)8-13/h2-8H,1H3. The number of halogens is 2. The number of nitriles is 1. The van der Waals surface area contributed by atoms with Crippen molar-refractivity contribution >= 4 is 38.9 Å². The second kappa shape index (κ2) is 5.94. The largest absolute Gasteiger partial charge is 0.268 e. The smallest absolute Gasteiger partial charge is 0.264 e. The van der Waals surface area contributed by atoms with E-state index in [4.69, 9.17) is 28.5 Å². The normalized spacial score (nSPS) is 11.0. The van der Waals surface area contributed by atoms with Crippen molar-refractivity contribution in [2.24, 2.45) is 0 Å². The van der Waals surface area contributed by atoms with Gasteiger partial charge in [-0.3, -0.25) is 4.31 Å². The maximum Gasteiger partial charge on any atom is 0.264 e. The molecule has 0 fully saturated rings. The molecule has 0 N–H and O–H groups in total. The van der Waals surface area contributed by atoms with Gasteiger partial charge in [0.2, 0.25) is 0 Å². The van der Waals surface area contributed by atoms with E-state index in [2.05, 4.69) is 0 Å². The van der Waals surface area contributed by atoms with E-state index in [9.17, 15) is 8.42 Å². The van der Waals surface area contributed by atoms with Gasteiger partial charge in [0.1, 0.15) is 6.07 Å². The highest BCUT2D eigenvalue weighted by atomic mass is 35.5. The molecule has 0 spiro atoms. The van der Waals surface area contributed by atoms with Gasteiger partial charge in [-0.25, -0.2) is 8.42 Å². The number of hydrogen-bond acceptors (Lipinski definition) is 3. The van der Waals surface area contributed by atoms with E-state index in [1.807, 2.05) is 6.07 Å². The number of para-hydroxylation sites is 1. The highest BCUT2D eigenvalue weighted by molar-refractivity contribution is 7.92. The highest BCUT2D eigenvalue weighted by Gasteiger charge is 2.24. The van der Waals surface area contributed by atoms with Crippen LogP contribution in [0.15, 0.2) is 47.4 Å². The first-order chi connectivity index (χ1) is 9.86. The van der Waals surface area contributed by atoms with E-state index in [0.717, 1.165) is 4.31 Å². The minimum absolute atomic E-state index is 0.0322. The summed E-state index contributed by atoms with van der Waals surface area (Å²) in [5.74, 6) is 0. The number of hydrogen-bond donors (Lipinski definition) is 0. The topological polar surface area (TPSA) is 61.2 Å². The van der Waals surface area contributed by atoms with Gasteiger partial charge in [0.25, 0.3) is 10.0 Å². The lowest BCUT2D eigenvalue weighted by Gasteiger charge is -2.20. The van der Waals surface area contributed by atoms with Gasteiger partial charge in [0.05, 0.1) is 16.1 Å². The predicted octanol–water partition coefficient (Wildman–Crippen LogP) is 3.69. The Bertz CT molecular complexity index is 809. The molecule has 0 saturated carbocycles. The molecule has 0 unspecified atom stereocenters. The molecule has 0 radical (unpaired) electrons. The van der Waals surface area contributed by atoms with E-state index in [-0.39, 0.29) is 26.2 Å². The van der Waals surface area contributed by atoms with Crippen LogP contribution in [0, 0.1) is 11.3 Å². The summed E-state index contributed by atoms with van der Waals surface area (Å²) in [7, 11) is -2.48. The molecular formula is C14H10Cl2N2O2S. The summed E-state index contributed by atoms with van der Waals surface area (Å²) in [4.78, 5) is -0.0322. The minimum atomic E-state index is -3.86. The molecule has 108 valence electrons. The first-order valence-corrected chi connectivity index (χ1v) is 8.00. The van der Waals surface area contributed by atoms with Crippen molar-refractivity contribution in [1.82, 2.24) is 0 Å². The quantitative estimate of drug-likeness (QED) is 0.855. The van der Waals surface area contributed by atoms with E-state index in [1.165, 1.54) is 25.2 Å². The van der Waals surface area contributed by atoms with E-state index in [1.54, 1.807) is 24.3 Å². The second-order valence-corrected chi connectivity index (χ2v) is 7.05. The Morgan fingerprint density at radius 1 is 1.10 bits per heavy atom. The van der Waals surface area contributed by atoms with Crippen LogP contribution in [-0.4, -0.2) is 15.5 Å². The van der Waals surface area contributed by atoms with Crippen LogP contribution in [0.3, 0.4) is 0 Å². The minimum Gasteiger partial charge on any atom is -0.268 e. The average Bonchev–Trinajstić information content (AvgIpc) is 2.45. The van der Waals surface area contributed by atoms with Crippen LogP contribution in [0.5, 0.6) is 0 Å². The lowest BCUT2D eigenvalue weighted by atomic mass is 10.2. The molecule has 0 aliphatic heterocycles. The molecule has 0 heterocycles. The van der Waals surface area contributed by atoms with Gasteiger partial charge < -0.3 is 0 Å². The summed E-state index contributed by atoms with van der Waals surface area (Å²) < 4.78 is 26.2. The number of anilines is 1. The Balaban J connectivity index is 2.56. The molecule has 0 bridgehead atoms. The predicted molar refractivity (Wildman–Crippen MR) is 83.2 cm³/mol. The second-order valence-electron chi connectivity index (χ2n) is 4.21. The number of nitrogens with zero attached hydrogens (tertiary/aromatic N) is 2. The lowest BCUT2D eigenvalue weighted by molar-refractivity contribution is 0.594. The van der Waals surface area contributed by atoms with Gasteiger partial charge in [0.15, 0.2) is 0 Å². The zero-order valence-electron chi connectivity index (χ0n) is 10.9. The van der Waals surface area contributed by atoms with Crippen LogP contribution in [0.25, 0.3) is 0 Å². The van der Waals surface area contributed by atoms with E-state index < -0.39 is 10.0 Å². The summed E-state index contributed by atoms with van der Waals surface area (Å²) in [5, 5.41) is 9.53. The van der Waals surface area contributed by atoms with Crippen molar-refractivity contribution in [2.75, 3.05) is 11.4 Å². The van der Waals surface area contributed by atoms with Gasteiger partial charge in [-0.15, -0.1) is 0 Å². The van der Waals surface area contributed by atoms with Crippen molar-refractivity contribution in [3.05, 3.63) is 58.1 Å². The molecule has 0 aromatic heterocycles. The molecule has 21 heavy (non-hydrogen) atoms. The fourth-order valence-electron chi connectivity index (χ4n) is 1.81. The maximum atomic E-state index is 12.6. The van der Waals surface area contributed by atoms with Gasteiger partial charge >= 0.3 is 0 Å². The first-order valence-electron chi connectivity index (χ1n) is 5.80. The molecule has 0 saturated heterocycles. The van der Waals surface area contributed by atoms with Crippen LogP contribution in [-0.2, 0) is 10.0 Å². The van der Waals surface area contributed by atoms with Crippen LogP contribution in [0.4, 0.5) is 5.69 Å². The molecular weight excluding hydrogens is 331 g/mol. The third kappa shape index (κ3) is 3.13. The lowest BCUT2D eigenvalue weighted by Crippen LogP contribution is -2.27. The Morgan fingerprint density at radius 2 is 1.67 bits per heavy atom. The van der Waals surface area contributed by atoms with Gasteiger partial charge in [-0.2, -0.15) is 5.26 Å². The molecule has 0 aliphatic carbocycles. The van der Waals surface area contributed by atoms with E-state index in [0.29, 0.717) is 0 Å². The SMILES string of the molecule is CN(c1ccccc1C#N)S(=O)(=O)c1cc(Cl)cc(Cl)c1. The van der Waals surface area contributed by atoms with E-state index >= 15 is 0 Å². The summed E-state index contributed by atoms with van der Waals surface area (Å²) in [6, 6.07) is 12.5. The van der Waals surface area contributed by atoms with Gasteiger partial charge in [-0.05, 0) is 30.3 Å². The third-order valence-corrected chi connectivity index (χ3v) is 5.04. The molecule has 0 amide bonds. The average molecular weight is 341 g/mol. The summed E-state index contributed by atoms with van der Waals surface area (Å²) >= 11 is 11.7. The first kappa shape index (κ1) is 15.6. The van der Waals surface area contributed by atoms with Gasteiger partial charge in [-0.1, -0.05) is 35.3 Å². The Kier molecular flexibility index (Phi) is 4.43. The molecule has 7 heteroatoms. The van der Waals surface area contributed by atoms with Crippen LogP contribution in [0.1, 0.15) is 5.56 Å². The van der Waals surface area contributed by atoms with Crippen molar-refractivity contribution in [2.45, 2.75) is 4.90 Å². The Morgan fingerprint density at radius 3 is 2.24 bits per heavy atom. The number of rotatable bonds is 3. The van der Waals surface area contributed by atoms with Crippen molar-refractivity contribution in [3.8, 4) is 6.07 Å². The third-order valence-electron chi connectivity index (χ3n) is 2.86. The van der Waals surface area contributed by atoms with Crippen molar-refractivity contribution in [3.63, 3.8) is 0 Å². The Hall–Kier alpha value is -1.74. The van der Waals surface area contributed by atoms with Crippen molar-refractivity contribution < 1.29 is 8.42 Å². The fraction of sp³-hybridized carbons (Fsp3) is 0.0714. The number of sulfonamides is 1. The van der Waals surface area contributed by atoms with Gasteiger partial charge in [0, 0.05) is 17.1 Å². The van der Waals surface area contributed by atoms with Crippen molar-refractivity contribution in [1.29, 1.82) is 5.26 Å². The molecule has 4 nitrogen and oxygen atoms in total. The number of benzene rings is 2. The zero-order valence-corrected chi connectivity index (χ0v) is 13.2. The monoisotopic (exact) mass is 340 g/mol. The van der Waals surface area contributed by atoms with Crippen LogP contribution >= 0.6 is 23.2 Å². The highest BCUT2D eigenvalue weighted by Crippen LogP contribution is 2.28. The zero-order chi connectivity index (χ0) is 15.6. The summed E-state index contributed by atoms with van der Waals surface area (Å²) in [6.07, 6.45) is 0. The summed E-state index contributed by atoms with van der Waals surface area (Å²) in [6.45, 7) is 0. The molecule has 2 rings (SSSR count). The van der Waals surface area contributed by atoms with Crippen LogP contribution < -0.4 is 4.31 Å². The molecule has 0 atom stereocenters. The fourth-order valence-corrected chi connectivity index (χ4v) is 3.75. The summed E-state index contributed by atoms with van der Waals surface area (Å²) in [5.41, 5.74) is 0.549. The molecule has 0 aliphatic rings.